The van der Waals surface area contributed by atoms with Gasteiger partial charge in [-0.2, -0.15) is 10.2 Å². The summed E-state index contributed by atoms with van der Waals surface area (Å²) in [4.78, 5) is 12.1. The van der Waals surface area contributed by atoms with Crippen LogP contribution in [-0.2, 0) is 18.4 Å². The van der Waals surface area contributed by atoms with Crippen LogP contribution in [-0.4, -0.2) is 25.5 Å². The molecule has 2 rings (SSSR count). The molecular formula is C13H16ClF2N5O. The molecule has 6 nitrogen and oxygen atoms in total. The van der Waals surface area contributed by atoms with Gasteiger partial charge in [-0.15, -0.1) is 0 Å². The molecule has 0 aliphatic heterocycles. The van der Waals surface area contributed by atoms with E-state index >= 15 is 0 Å². The van der Waals surface area contributed by atoms with Crippen LogP contribution in [0.1, 0.15) is 29.2 Å². The zero-order valence-electron chi connectivity index (χ0n) is 12.6. The van der Waals surface area contributed by atoms with Gasteiger partial charge in [0.05, 0.1) is 27.8 Å². The van der Waals surface area contributed by atoms with Crippen LogP contribution < -0.4 is 5.32 Å². The summed E-state index contributed by atoms with van der Waals surface area (Å²) in [5, 5.41) is 10.5. The highest BCUT2D eigenvalue weighted by molar-refractivity contribution is 6.31. The van der Waals surface area contributed by atoms with E-state index in [4.69, 9.17) is 11.6 Å². The Kier molecular flexibility index (Phi) is 4.50. The molecule has 0 aliphatic rings. The number of carbonyl (C=O) groups is 1. The molecule has 9 heteroatoms. The van der Waals surface area contributed by atoms with Crippen LogP contribution in [0.3, 0.4) is 0 Å². The van der Waals surface area contributed by atoms with E-state index in [1.807, 2.05) is 6.92 Å². The second-order valence-electron chi connectivity index (χ2n) is 4.96. The van der Waals surface area contributed by atoms with Gasteiger partial charge in [0.15, 0.2) is 0 Å². The van der Waals surface area contributed by atoms with Gasteiger partial charge in [0.25, 0.3) is 6.43 Å². The average Bonchev–Trinajstić information content (AvgIpc) is 2.84. The highest BCUT2D eigenvalue weighted by Gasteiger charge is 2.22. The lowest BCUT2D eigenvalue weighted by Crippen LogP contribution is -2.21. The Labute approximate surface area is 131 Å². The van der Waals surface area contributed by atoms with Crippen molar-refractivity contribution in [3.63, 3.8) is 0 Å². The van der Waals surface area contributed by atoms with Crippen LogP contribution in [0, 0.1) is 20.8 Å². The summed E-state index contributed by atoms with van der Waals surface area (Å²) in [5.41, 5.74) is 1.90. The van der Waals surface area contributed by atoms with Gasteiger partial charge in [0, 0.05) is 7.05 Å². The van der Waals surface area contributed by atoms with Gasteiger partial charge in [-0.1, -0.05) is 11.6 Å². The topological polar surface area (TPSA) is 64.7 Å². The number of anilines is 1. The maximum atomic E-state index is 12.7. The third-order valence-electron chi connectivity index (χ3n) is 3.43. The maximum absolute atomic E-state index is 12.7. The van der Waals surface area contributed by atoms with E-state index in [2.05, 4.69) is 15.5 Å². The van der Waals surface area contributed by atoms with E-state index in [0.717, 1.165) is 5.69 Å². The van der Waals surface area contributed by atoms with Crippen molar-refractivity contribution in [1.29, 1.82) is 0 Å². The number of carbonyl (C=O) groups excluding carboxylic acids is 1. The Morgan fingerprint density at radius 2 is 1.91 bits per heavy atom. The second kappa shape index (κ2) is 6.04. The van der Waals surface area contributed by atoms with Crippen LogP contribution >= 0.6 is 11.6 Å². The number of aromatic nitrogens is 4. The predicted molar refractivity (Wildman–Crippen MR) is 78.2 cm³/mol. The number of hydrogen-bond donors (Lipinski definition) is 1. The molecule has 0 fully saturated rings. The lowest BCUT2D eigenvalue weighted by atomic mass is 10.3. The molecule has 0 bridgehead atoms. The number of hydrogen-bond acceptors (Lipinski definition) is 3. The SMILES string of the molecule is Cc1nn(C)c(C)c1NC(=O)Cn1nc(C(F)F)c(Cl)c1C. The molecule has 0 aromatic carbocycles. The van der Waals surface area contributed by atoms with E-state index in [9.17, 15) is 13.6 Å². The summed E-state index contributed by atoms with van der Waals surface area (Å²) < 4.78 is 28.3. The minimum absolute atomic E-state index is 0.114. The van der Waals surface area contributed by atoms with Gasteiger partial charge in [-0.25, -0.2) is 8.78 Å². The Balaban J connectivity index is 2.18. The van der Waals surface area contributed by atoms with Crippen LogP contribution in [0.5, 0.6) is 0 Å². The number of alkyl halides is 2. The molecule has 2 heterocycles. The molecular weight excluding hydrogens is 316 g/mol. The van der Waals surface area contributed by atoms with Crippen molar-refractivity contribution in [3.05, 3.63) is 27.8 Å². The fraction of sp³-hybridized carbons (Fsp3) is 0.462. The molecule has 1 N–H and O–H groups in total. The first kappa shape index (κ1) is 16.4. The Morgan fingerprint density at radius 3 is 2.36 bits per heavy atom. The van der Waals surface area contributed by atoms with Gasteiger partial charge in [-0.3, -0.25) is 14.2 Å². The minimum Gasteiger partial charge on any atom is -0.321 e. The Bertz CT molecular complexity index is 723. The molecule has 22 heavy (non-hydrogen) atoms. The van der Waals surface area contributed by atoms with Crippen molar-refractivity contribution < 1.29 is 13.6 Å². The van der Waals surface area contributed by atoms with Crippen LogP contribution in [0.2, 0.25) is 5.02 Å². The molecule has 0 unspecified atom stereocenters. The number of rotatable bonds is 4. The Hall–Kier alpha value is -1.96. The third-order valence-corrected chi connectivity index (χ3v) is 3.90. The van der Waals surface area contributed by atoms with Crippen LogP contribution in [0.15, 0.2) is 0 Å². The van der Waals surface area contributed by atoms with Crippen molar-refractivity contribution in [3.8, 4) is 0 Å². The average molecular weight is 332 g/mol. The molecule has 0 aliphatic carbocycles. The summed E-state index contributed by atoms with van der Waals surface area (Å²) >= 11 is 5.80. The summed E-state index contributed by atoms with van der Waals surface area (Å²) in [6.07, 6.45) is -2.78. The first-order valence-electron chi connectivity index (χ1n) is 6.53. The zero-order valence-corrected chi connectivity index (χ0v) is 13.4. The van der Waals surface area contributed by atoms with E-state index < -0.39 is 12.1 Å². The Morgan fingerprint density at radius 1 is 1.27 bits per heavy atom. The molecule has 0 spiro atoms. The van der Waals surface area contributed by atoms with Gasteiger partial charge in [-0.05, 0) is 20.8 Å². The smallest absolute Gasteiger partial charge is 0.283 e. The van der Waals surface area contributed by atoms with E-state index in [-0.39, 0.29) is 17.5 Å². The second-order valence-corrected chi connectivity index (χ2v) is 5.34. The monoisotopic (exact) mass is 331 g/mol. The first-order valence-corrected chi connectivity index (χ1v) is 6.91. The first-order chi connectivity index (χ1) is 10.2. The van der Waals surface area contributed by atoms with Gasteiger partial charge in [0.1, 0.15) is 12.2 Å². The quantitative estimate of drug-likeness (QED) is 0.937. The number of amides is 1. The molecule has 120 valence electrons. The van der Waals surface area contributed by atoms with E-state index in [1.54, 1.807) is 18.7 Å². The predicted octanol–water partition coefficient (Wildman–Crippen LogP) is 2.77. The van der Waals surface area contributed by atoms with Crippen molar-refractivity contribution >= 4 is 23.2 Å². The van der Waals surface area contributed by atoms with Crippen molar-refractivity contribution in [2.45, 2.75) is 33.7 Å². The van der Waals surface area contributed by atoms with Crippen molar-refractivity contribution in [2.24, 2.45) is 7.05 Å². The number of nitrogens with zero attached hydrogens (tertiary/aromatic N) is 4. The number of aryl methyl sites for hydroxylation is 2. The zero-order chi connectivity index (χ0) is 16.6. The van der Waals surface area contributed by atoms with E-state index in [1.165, 1.54) is 11.6 Å². The number of nitrogens with one attached hydrogen (secondary N) is 1. The fourth-order valence-electron chi connectivity index (χ4n) is 2.11. The molecule has 2 aromatic heterocycles. The summed E-state index contributed by atoms with van der Waals surface area (Å²) in [5.74, 6) is -0.387. The maximum Gasteiger partial charge on any atom is 0.283 e. The molecule has 0 saturated carbocycles. The highest BCUT2D eigenvalue weighted by Crippen LogP contribution is 2.28. The largest absolute Gasteiger partial charge is 0.321 e. The molecule has 0 atom stereocenters. The normalized spacial score (nSPS) is 11.3. The van der Waals surface area contributed by atoms with E-state index in [0.29, 0.717) is 17.1 Å². The van der Waals surface area contributed by atoms with Crippen LogP contribution in [0.25, 0.3) is 0 Å². The third kappa shape index (κ3) is 2.96. The highest BCUT2D eigenvalue weighted by atomic mass is 35.5. The lowest BCUT2D eigenvalue weighted by Gasteiger charge is -2.07. The summed E-state index contributed by atoms with van der Waals surface area (Å²) in [7, 11) is 1.77. The molecule has 0 radical (unpaired) electrons. The minimum atomic E-state index is -2.78. The standard InChI is InChI=1S/C13H16ClF2N5O/c1-6-11(8(3)20(4)18-6)17-9(22)5-21-7(2)10(14)12(19-21)13(15)16/h13H,5H2,1-4H3,(H,17,22). The van der Waals surface area contributed by atoms with Gasteiger partial charge in [0.2, 0.25) is 5.91 Å². The lowest BCUT2D eigenvalue weighted by molar-refractivity contribution is -0.117. The van der Waals surface area contributed by atoms with Crippen molar-refractivity contribution in [1.82, 2.24) is 19.6 Å². The fourth-order valence-corrected chi connectivity index (χ4v) is 2.33. The molecule has 1 amide bonds. The summed E-state index contributed by atoms with van der Waals surface area (Å²) in [6, 6.07) is 0. The van der Waals surface area contributed by atoms with Crippen molar-refractivity contribution in [2.75, 3.05) is 5.32 Å². The molecule has 2 aromatic rings. The molecule has 0 saturated heterocycles. The number of halogens is 3. The van der Waals surface area contributed by atoms with Crippen LogP contribution in [0.4, 0.5) is 14.5 Å². The summed E-state index contributed by atoms with van der Waals surface area (Å²) in [6.45, 7) is 4.93. The van der Waals surface area contributed by atoms with Gasteiger partial charge < -0.3 is 5.32 Å². The van der Waals surface area contributed by atoms with Gasteiger partial charge >= 0.3 is 0 Å².